The summed E-state index contributed by atoms with van der Waals surface area (Å²) in [6.07, 6.45) is 0. The highest BCUT2D eigenvalue weighted by Gasteiger charge is 2.09. The number of aliphatic hydroxyl groups is 1. The number of aromatic amines is 1. The van der Waals surface area contributed by atoms with Crippen molar-refractivity contribution in [3.8, 4) is 11.3 Å². The van der Waals surface area contributed by atoms with Crippen LogP contribution in [0.5, 0.6) is 0 Å². The summed E-state index contributed by atoms with van der Waals surface area (Å²) in [5.41, 5.74) is 3.18. The molecule has 0 aliphatic rings. The molecule has 0 fully saturated rings. The van der Waals surface area contributed by atoms with Crippen LogP contribution in [0.1, 0.15) is 16.1 Å². The van der Waals surface area contributed by atoms with Crippen LogP contribution in [0.2, 0.25) is 0 Å². The third-order valence-electron chi connectivity index (χ3n) is 2.37. The number of Topliss-reactive ketones (excluding diaryl/α,β-unsaturated/α-hetero) is 1. The van der Waals surface area contributed by atoms with Gasteiger partial charge >= 0.3 is 0 Å². The summed E-state index contributed by atoms with van der Waals surface area (Å²) in [4.78, 5) is 11.2. The maximum atomic E-state index is 11.2. The molecule has 82 valence electrons. The van der Waals surface area contributed by atoms with Gasteiger partial charge in [0.15, 0.2) is 0 Å². The van der Waals surface area contributed by atoms with Crippen LogP contribution in [0.15, 0.2) is 30.3 Å². The summed E-state index contributed by atoms with van der Waals surface area (Å²) in [5, 5.41) is 15.3. The van der Waals surface area contributed by atoms with E-state index in [0.717, 1.165) is 11.3 Å². The van der Waals surface area contributed by atoms with E-state index >= 15 is 0 Å². The number of aliphatic hydroxyl groups excluding tert-OH is 1. The van der Waals surface area contributed by atoms with Gasteiger partial charge in [0.2, 0.25) is 5.78 Å². The Balaban J connectivity index is 2.31. The van der Waals surface area contributed by atoms with Crippen molar-refractivity contribution < 1.29 is 9.90 Å². The van der Waals surface area contributed by atoms with Gasteiger partial charge in [-0.2, -0.15) is 5.10 Å². The fraction of sp³-hybridized carbons (Fsp3) is 0.167. The Kier molecular flexibility index (Phi) is 2.83. The number of carbonyl (C=O) groups excluding carboxylic acids is 1. The van der Waals surface area contributed by atoms with Gasteiger partial charge in [0, 0.05) is 0 Å². The second kappa shape index (κ2) is 4.28. The molecule has 0 radical (unpaired) electrons. The van der Waals surface area contributed by atoms with Crippen LogP contribution in [-0.2, 0) is 0 Å². The lowest BCUT2D eigenvalue weighted by atomic mass is 10.1. The van der Waals surface area contributed by atoms with Crippen molar-refractivity contribution in [3.05, 3.63) is 41.6 Å². The molecule has 1 heterocycles. The zero-order valence-electron chi connectivity index (χ0n) is 8.90. The number of benzene rings is 1. The maximum Gasteiger partial charge on any atom is 0.208 e. The molecule has 0 saturated heterocycles. The van der Waals surface area contributed by atoms with Crippen LogP contribution in [0.3, 0.4) is 0 Å². The van der Waals surface area contributed by atoms with Crippen molar-refractivity contribution in [1.82, 2.24) is 10.2 Å². The van der Waals surface area contributed by atoms with Crippen LogP contribution >= 0.6 is 0 Å². The average molecular weight is 216 g/mol. The Morgan fingerprint density at radius 2 is 2.06 bits per heavy atom. The molecule has 0 aliphatic carbocycles. The molecule has 4 heteroatoms. The summed E-state index contributed by atoms with van der Waals surface area (Å²) < 4.78 is 0. The number of H-pyrrole nitrogens is 1. The average Bonchev–Trinajstić information content (AvgIpc) is 2.78. The Bertz CT molecular complexity index is 500. The SMILES string of the molecule is Cc1ccc(-c2cc(C(=O)CO)n[nH]2)cc1. The van der Waals surface area contributed by atoms with Crippen molar-refractivity contribution in [3.63, 3.8) is 0 Å². The molecule has 0 unspecified atom stereocenters. The first kappa shape index (κ1) is 10.6. The largest absolute Gasteiger partial charge is 0.388 e. The number of aryl methyl sites for hydroxylation is 1. The van der Waals surface area contributed by atoms with Crippen LogP contribution < -0.4 is 0 Å². The van der Waals surface area contributed by atoms with Crippen LogP contribution in [0.25, 0.3) is 11.3 Å². The van der Waals surface area contributed by atoms with E-state index < -0.39 is 6.61 Å². The Morgan fingerprint density at radius 3 is 2.69 bits per heavy atom. The second-order valence-corrected chi connectivity index (χ2v) is 3.61. The fourth-order valence-electron chi connectivity index (χ4n) is 1.43. The van der Waals surface area contributed by atoms with E-state index in [1.807, 2.05) is 31.2 Å². The van der Waals surface area contributed by atoms with E-state index in [-0.39, 0.29) is 11.5 Å². The summed E-state index contributed by atoms with van der Waals surface area (Å²) in [7, 11) is 0. The first-order valence-electron chi connectivity index (χ1n) is 4.97. The minimum absolute atomic E-state index is 0.262. The standard InChI is InChI=1S/C12H12N2O2/c1-8-2-4-9(5-3-8)10-6-11(14-13-10)12(16)7-15/h2-6,15H,7H2,1H3,(H,13,14). The minimum atomic E-state index is -0.516. The van der Waals surface area contributed by atoms with Gasteiger partial charge in [0.25, 0.3) is 0 Å². The number of nitrogens with zero attached hydrogens (tertiary/aromatic N) is 1. The highest BCUT2D eigenvalue weighted by atomic mass is 16.3. The first-order valence-corrected chi connectivity index (χ1v) is 4.97. The van der Waals surface area contributed by atoms with Gasteiger partial charge in [0.1, 0.15) is 12.3 Å². The van der Waals surface area contributed by atoms with Crippen molar-refractivity contribution in [2.45, 2.75) is 6.92 Å². The summed E-state index contributed by atoms with van der Waals surface area (Å²) in [6, 6.07) is 9.53. The summed E-state index contributed by atoms with van der Waals surface area (Å²) in [5.74, 6) is -0.380. The van der Waals surface area contributed by atoms with E-state index in [9.17, 15) is 4.79 Å². The topological polar surface area (TPSA) is 66.0 Å². The van der Waals surface area contributed by atoms with Gasteiger partial charge < -0.3 is 5.11 Å². The summed E-state index contributed by atoms with van der Waals surface area (Å²) >= 11 is 0. The smallest absolute Gasteiger partial charge is 0.208 e. The number of hydrogen-bond donors (Lipinski definition) is 2. The molecule has 1 aromatic carbocycles. The third kappa shape index (κ3) is 2.01. The zero-order chi connectivity index (χ0) is 11.5. The Morgan fingerprint density at radius 1 is 1.38 bits per heavy atom. The molecule has 4 nitrogen and oxygen atoms in total. The predicted molar refractivity (Wildman–Crippen MR) is 60.2 cm³/mol. The number of ketones is 1. The zero-order valence-corrected chi connectivity index (χ0v) is 8.90. The lowest BCUT2D eigenvalue weighted by molar-refractivity contribution is 0.0898. The van der Waals surface area contributed by atoms with Crippen molar-refractivity contribution in [2.24, 2.45) is 0 Å². The molecule has 0 aliphatic heterocycles. The van der Waals surface area contributed by atoms with Gasteiger partial charge in [0.05, 0.1) is 5.69 Å². The number of rotatable bonds is 3. The molecule has 2 aromatic rings. The number of carbonyl (C=O) groups is 1. The van der Waals surface area contributed by atoms with Crippen molar-refractivity contribution >= 4 is 5.78 Å². The monoisotopic (exact) mass is 216 g/mol. The predicted octanol–water partition coefficient (Wildman–Crippen LogP) is 1.56. The molecule has 0 atom stereocenters. The molecule has 1 aromatic heterocycles. The molecule has 2 rings (SSSR count). The van der Waals surface area contributed by atoms with Gasteiger partial charge in [-0.1, -0.05) is 29.8 Å². The molecule has 0 saturated carbocycles. The number of hydrogen-bond acceptors (Lipinski definition) is 3. The lowest BCUT2D eigenvalue weighted by Gasteiger charge is -1.96. The second-order valence-electron chi connectivity index (χ2n) is 3.61. The number of nitrogens with one attached hydrogen (secondary N) is 1. The lowest BCUT2D eigenvalue weighted by Crippen LogP contribution is -2.04. The van der Waals surface area contributed by atoms with E-state index in [2.05, 4.69) is 10.2 Å². The van der Waals surface area contributed by atoms with Crippen LogP contribution in [0, 0.1) is 6.92 Å². The van der Waals surface area contributed by atoms with Gasteiger partial charge in [-0.25, -0.2) is 0 Å². The van der Waals surface area contributed by atoms with Crippen molar-refractivity contribution in [1.29, 1.82) is 0 Å². The van der Waals surface area contributed by atoms with Gasteiger partial charge in [-0.15, -0.1) is 0 Å². The van der Waals surface area contributed by atoms with E-state index in [1.54, 1.807) is 6.07 Å². The van der Waals surface area contributed by atoms with E-state index in [0.29, 0.717) is 0 Å². The Hall–Kier alpha value is -1.94. The normalized spacial score (nSPS) is 10.4. The quantitative estimate of drug-likeness (QED) is 0.765. The molecule has 2 N–H and O–H groups in total. The molecule has 0 bridgehead atoms. The number of aromatic nitrogens is 2. The summed E-state index contributed by atoms with van der Waals surface area (Å²) in [6.45, 7) is 1.50. The van der Waals surface area contributed by atoms with E-state index in [4.69, 9.17) is 5.11 Å². The molecule has 16 heavy (non-hydrogen) atoms. The highest BCUT2D eigenvalue weighted by molar-refractivity contribution is 5.96. The highest BCUT2D eigenvalue weighted by Crippen LogP contribution is 2.18. The van der Waals surface area contributed by atoms with E-state index in [1.165, 1.54) is 5.56 Å². The Labute approximate surface area is 92.9 Å². The molecule has 0 spiro atoms. The maximum absolute atomic E-state index is 11.2. The van der Waals surface area contributed by atoms with Gasteiger partial charge in [-0.3, -0.25) is 9.89 Å². The third-order valence-corrected chi connectivity index (χ3v) is 2.37. The molecule has 0 amide bonds. The first-order chi connectivity index (χ1) is 7.70. The minimum Gasteiger partial charge on any atom is -0.388 e. The van der Waals surface area contributed by atoms with Crippen molar-refractivity contribution in [2.75, 3.05) is 6.61 Å². The molecular weight excluding hydrogens is 204 g/mol. The molecular formula is C12H12N2O2. The van der Waals surface area contributed by atoms with Crippen LogP contribution in [0.4, 0.5) is 0 Å². The fourth-order valence-corrected chi connectivity index (χ4v) is 1.43. The van der Waals surface area contributed by atoms with Gasteiger partial charge in [-0.05, 0) is 18.6 Å². The van der Waals surface area contributed by atoms with Crippen LogP contribution in [-0.4, -0.2) is 27.7 Å².